The third-order valence-electron chi connectivity index (χ3n) is 4.09. The number of nitrogens with one attached hydrogen (secondary N) is 1. The Morgan fingerprint density at radius 3 is 2.93 bits per heavy atom. The van der Waals surface area contributed by atoms with E-state index in [9.17, 15) is 4.79 Å². The number of primary amides is 1. The maximum Gasteiger partial charge on any atom is 0.332 e. The van der Waals surface area contributed by atoms with Gasteiger partial charge in [0.2, 0.25) is 0 Å². The number of nitrogens with two attached hydrogens (primary N) is 1. The van der Waals surface area contributed by atoms with Gasteiger partial charge in [0.15, 0.2) is 0 Å². The molecule has 2 aliphatic rings. The lowest BCUT2D eigenvalue weighted by Gasteiger charge is -2.37. The van der Waals surface area contributed by atoms with Crippen LogP contribution in [0, 0.1) is 17.3 Å². The van der Waals surface area contributed by atoms with Crippen molar-refractivity contribution in [2.45, 2.75) is 39.5 Å². The maximum atomic E-state index is 10.6. The van der Waals surface area contributed by atoms with E-state index >= 15 is 0 Å². The van der Waals surface area contributed by atoms with Crippen molar-refractivity contribution in [1.82, 2.24) is 5.43 Å². The molecular weight excluding hydrogens is 190 g/mol. The molecule has 0 saturated heterocycles. The fraction of sp³-hybridized carbons (Fsp3) is 0.818. The van der Waals surface area contributed by atoms with Crippen LogP contribution in [-0.2, 0) is 0 Å². The van der Waals surface area contributed by atoms with Gasteiger partial charge in [0.05, 0.1) is 0 Å². The van der Waals surface area contributed by atoms with Crippen molar-refractivity contribution in [2.75, 3.05) is 0 Å². The molecule has 2 unspecified atom stereocenters. The summed E-state index contributed by atoms with van der Waals surface area (Å²) in [5, 5.41) is 4.17. The highest BCUT2D eigenvalue weighted by Gasteiger charge is 2.45. The molecule has 0 aromatic carbocycles. The van der Waals surface area contributed by atoms with E-state index in [1.165, 1.54) is 19.3 Å². The van der Waals surface area contributed by atoms with E-state index in [0.717, 1.165) is 24.0 Å². The van der Waals surface area contributed by atoms with Gasteiger partial charge < -0.3 is 5.73 Å². The predicted molar refractivity (Wildman–Crippen MR) is 59.4 cm³/mol. The van der Waals surface area contributed by atoms with Crippen molar-refractivity contribution in [3.05, 3.63) is 0 Å². The topological polar surface area (TPSA) is 67.5 Å². The van der Waals surface area contributed by atoms with Crippen LogP contribution in [0.25, 0.3) is 0 Å². The Morgan fingerprint density at radius 1 is 1.53 bits per heavy atom. The van der Waals surface area contributed by atoms with E-state index in [1.54, 1.807) is 0 Å². The minimum Gasteiger partial charge on any atom is -0.350 e. The average Bonchev–Trinajstić information content (AvgIpc) is 2.55. The second-order valence-electron chi connectivity index (χ2n) is 5.34. The van der Waals surface area contributed by atoms with Crippen molar-refractivity contribution in [3.63, 3.8) is 0 Å². The van der Waals surface area contributed by atoms with E-state index in [0.29, 0.717) is 0 Å². The van der Waals surface area contributed by atoms with Crippen LogP contribution >= 0.6 is 0 Å². The lowest BCUT2D eigenvalue weighted by atomic mass is 9.68. The van der Waals surface area contributed by atoms with Gasteiger partial charge in [-0.2, -0.15) is 5.10 Å². The minimum atomic E-state index is -0.573. The van der Waals surface area contributed by atoms with E-state index in [2.05, 4.69) is 24.4 Å². The molecule has 0 spiro atoms. The molecule has 0 radical (unpaired) electrons. The van der Waals surface area contributed by atoms with Gasteiger partial charge in [-0.1, -0.05) is 13.8 Å². The first-order valence-electron chi connectivity index (χ1n) is 5.62. The number of carbonyl (C=O) groups excluding carboxylic acids is 1. The summed E-state index contributed by atoms with van der Waals surface area (Å²) in [6.45, 7) is 4.45. The number of hydrogen-bond donors (Lipinski definition) is 2. The summed E-state index contributed by atoms with van der Waals surface area (Å²) >= 11 is 0. The lowest BCUT2D eigenvalue weighted by molar-refractivity contribution is 0.248. The van der Waals surface area contributed by atoms with Gasteiger partial charge >= 0.3 is 6.03 Å². The number of hydrazone groups is 1. The molecule has 2 rings (SSSR count). The molecule has 2 fully saturated rings. The number of amides is 2. The third kappa shape index (κ3) is 1.85. The largest absolute Gasteiger partial charge is 0.350 e. The summed E-state index contributed by atoms with van der Waals surface area (Å²) in [5.41, 5.74) is 8.62. The molecule has 4 nitrogen and oxygen atoms in total. The number of rotatable bonds is 1. The normalized spacial score (nSPS) is 35.5. The molecule has 2 aliphatic carbocycles. The zero-order valence-electron chi connectivity index (χ0n) is 9.42. The zero-order valence-corrected chi connectivity index (χ0v) is 9.42. The molecular formula is C11H19N3O. The standard InChI is InChI=1S/C11H19N3O/c1-11(2)8-4-3-7(5-8)6-9(11)13-14-10(12)15/h7-8H,3-6H2,1-2H3,(H3,12,14,15). The smallest absolute Gasteiger partial charge is 0.332 e. The summed E-state index contributed by atoms with van der Waals surface area (Å²) in [6.07, 6.45) is 4.95. The van der Waals surface area contributed by atoms with Crippen molar-refractivity contribution in [3.8, 4) is 0 Å². The highest BCUT2D eigenvalue weighted by Crippen LogP contribution is 2.50. The van der Waals surface area contributed by atoms with Crippen molar-refractivity contribution in [1.29, 1.82) is 0 Å². The van der Waals surface area contributed by atoms with E-state index in [1.807, 2.05) is 0 Å². The first-order valence-corrected chi connectivity index (χ1v) is 5.62. The van der Waals surface area contributed by atoms with Crippen LogP contribution in [0.5, 0.6) is 0 Å². The Kier molecular flexibility index (Phi) is 2.44. The zero-order chi connectivity index (χ0) is 11.1. The third-order valence-corrected chi connectivity index (χ3v) is 4.09. The molecule has 0 aliphatic heterocycles. The highest BCUT2D eigenvalue weighted by molar-refractivity contribution is 5.92. The second-order valence-corrected chi connectivity index (χ2v) is 5.34. The van der Waals surface area contributed by atoms with Crippen LogP contribution in [-0.4, -0.2) is 11.7 Å². The first-order chi connectivity index (χ1) is 7.00. The van der Waals surface area contributed by atoms with Gasteiger partial charge in [-0.3, -0.25) is 0 Å². The second kappa shape index (κ2) is 3.51. The van der Waals surface area contributed by atoms with Crippen LogP contribution < -0.4 is 11.2 Å². The first kappa shape index (κ1) is 10.5. The van der Waals surface area contributed by atoms with Crippen molar-refractivity contribution < 1.29 is 4.79 Å². The Balaban J connectivity index is 2.17. The fourth-order valence-electron chi connectivity index (χ4n) is 3.00. The predicted octanol–water partition coefficient (Wildman–Crippen LogP) is 1.86. The van der Waals surface area contributed by atoms with Crippen LogP contribution in [0.2, 0.25) is 0 Å². The Morgan fingerprint density at radius 2 is 2.27 bits per heavy atom. The molecule has 0 aromatic heterocycles. The average molecular weight is 209 g/mol. The van der Waals surface area contributed by atoms with Gasteiger partial charge in [-0.25, -0.2) is 10.2 Å². The lowest BCUT2D eigenvalue weighted by Crippen LogP contribution is -2.38. The quantitative estimate of drug-likeness (QED) is 0.636. The summed E-state index contributed by atoms with van der Waals surface area (Å²) in [6, 6.07) is -0.573. The van der Waals surface area contributed by atoms with Crippen molar-refractivity contribution >= 4 is 11.7 Å². The van der Waals surface area contributed by atoms with Gasteiger partial charge in [0.25, 0.3) is 0 Å². The van der Waals surface area contributed by atoms with Crippen LogP contribution in [0.3, 0.4) is 0 Å². The molecule has 3 N–H and O–H groups in total. The van der Waals surface area contributed by atoms with Gasteiger partial charge in [0, 0.05) is 11.1 Å². The van der Waals surface area contributed by atoms with E-state index < -0.39 is 6.03 Å². The Hall–Kier alpha value is -1.06. The molecule has 2 amide bonds. The van der Waals surface area contributed by atoms with E-state index in [-0.39, 0.29) is 5.41 Å². The molecule has 2 atom stereocenters. The number of urea groups is 1. The summed E-state index contributed by atoms with van der Waals surface area (Å²) in [5.74, 6) is 1.50. The molecule has 0 aromatic rings. The van der Waals surface area contributed by atoms with Crippen LogP contribution in [0.15, 0.2) is 5.10 Å². The summed E-state index contributed by atoms with van der Waals surface area (Å²) < 4.78 is 0. The molecule has 84 valence electrons. The number of nitrogens with zero attached hydrogens (tertiary/aromatic N) is 1. The molecule has 4 heteroatoms. The SMILES string of the molecule is CC1(C)C(=NNC(N)=O)CC2CCC1C2. The summed E-state index contributed by atoms with van der Waals surface area (Å²) in [7, 11) is 0. The molecule has 2 saturated carbocycles. The monoisotopic (exact) mass is 209 g/mol. The van der Waals surface area contributed by atoms with Gasteiger partial charge in [0.1, 0.15) is 0 Å². The molecule has 15 heavy (non-hydrogen) atoms. The van der Waals surface area contributed by atoms with Crippen molar-refractivity contribution in [2.24, 2.45) is 28.1 Å². The Bertz CT molecular complexity index is 309. The fourth-order valence-corrected chi connectivity index (χ4v) is 3.00. The highest BCUT2D eigenvalue weighted by atomic mass is 16.2. The maximum absolute atomic E-state index is 10.6. The van der Waals surface area contributed by atoms with Crippen LogP contribution in [0.4, 0.5) is 4.79 Å². The van der Waals surface area contributed by atoms with Gasteiger partial charge in [-0.15, -0.1) is 0 Å². The van der Waals surface area contributed by atoms with Gasteiger partial charge in [-0.05, 0) is 37.5 Å². The Labute approximate surface area is 90.3 Å². The van der Waals surface area contributed by atoms with E-state index in [4.69, 9.17) is 5.73 Å². The minimum absolute atomic E-state index is 0.120. The number of fused-ring (bicyclic) bond motifs is 2. The molecule has 0 heterocycles. The van der Waals surface area contributed by atoms with Crippen LogP contribution in [0.1, 0.15) is 39.5 Å². The molecule has 2 bridgehead atoms. The number of hydrogen-bond acceptors (Lipinski definition) is 2. The summed E-state index contributed by atoms with van der Waals surface area (Å²) in [4.78, 5) is 10.6. The number of carbonyl (C=O) groups is 1.